The number of aromatic nitrogens is 2. The van der Waals surface area contributed by atoms with E-state index >= 15 is 0 Å². The van der Waals surface area contributed by atoms with E-state index in [0.717, 1.165) is 35.8 Å². The Morgan fingerprint density at radius 2 is 2.50 bits per heavy atom. The summed E-state index contributed by atoms with van der Waals surface area (Å²) >= 11 is 1.68. The first-order valence-electron chi connectivity index (χ1n) is 6.55. The first-order chi connectivity index (χ1) is 8.86. The summed E-state index contributed by atoms with van der Waals surface area (Å²) in [6.45, 7) is 5.27. The molecule has 2 aromatic rings. The van der Waals surface area contributed by atoms with Crippen molar-refractivity contribution in [3.63, 3.8) is 0 Å². The van der Waals surface area contributed by atoms with Crippen LogP contribution in [0.1, 0.15) is 19.8 Å². The lowest BCUT2D eigenvalue weighted by Crippen LogP contribution is -2.38. The summed E-state index contributed by atoms with van der Waals surface area (Å²) < 4.78 is 0. The number of nitrogens with one attached hydrogen (secondary N) is 1. The zero-order valence-corrected chi connectivity index (χ0v) is 11.4. The summed E-state index contributed by atoms with van der Waals surface area (Å²) in [6, 6.07) is 2.66. The third-order valence-electron chi connectivity index (χ3n) is 3.46. The maximum atomic E-state index is 4.65. The maximum absolute atomic E-state index is 4.65. The first kappa shape index (κ1) is 11.9. The standard InChI is InChI=1S/C13H18N4S/c1-2-17(9-11-4-3-6-14-11)13-15-8-10-5-7-18-12(10)16-13/h5,7-8,11,14H,2-4,6,9H2,1H3. The van der Waals surface area contributed by atoms with Crippen molar-refractivity contribution in [1.29, 1.82) is 0 Å². The molecule has 1 N–H and O–H groups in total. The van der Waals surface area contributed by atoms with E-state index in [9.17, 15) is 0 Å². The summed E-state index contributed by atoms with van der Waals surface area (Å²) in [5.41, 5.74) is 0. The number of hydrogen-bond donors (Lipinski definition) is 1. The highest BCUT2D eigenvalue weighted by Gasteiger charge is 2.18. The average Bonchev–Trinajstić information content (AvgIpc) is 3.06. The number of fused-ring (bicyclic) bond motifs is 1. The molecule has 4 nitrogen and oxygen atoms in total. The Morgan fingerprint density at radius 3 is 3.28 bits per heavy atom. The van der Waals surface area contributed by atoms with Gasteiger partial charge in [0, 0.05) is 30.7 Å². The van der Waals surface area contributed by atoms with E-state index in [1.165, 1.54) is 12.8 Å². The smallest absolute Gasteiger partial charge is 0.226 e. The highest BCUT2D eigenvalue weighted by atomic mass is 32.1. The van der Waals surface area contributed by atoms with Crippen molar-refractivity contribution >= 4 is 27.5 Å². The summed E-state index contributed by atoms with van der Waals surface area (Å²) in [7, 11) is 0. The molecule has 0 spiro atoms. The molecule has 96 valence electrons. The minimum absolute atomic E-state index is 0.590. The molecule has 2 aromatic heterocycles. The van der Waals surface area contributed by atoms with Gasteiger partial charge < -0.3 is 10.2 Å². The van der Waals surface area contributed by atoms with Crippen molar-refractivity contribution in [2.45, 2.75) is 25.8 Å². The number of anilines is 1. The minimum atomic E-state index is 0.590. The molecule has 0 aromatic carbocycles. The van der Waals surface area contributed by atoms with Gasteiger partial charge in [-0.3, -0.25) is 0 Å². The van der Waals surface area contributed by atoms with Crippen molar-refractivity contribution in [3.8, 4) is 0 Å². The van der Waals surface area contributed by atoms with Crippen LogP contribution in [-0.2, 0) is 0 Å². The lowest BCUT2D eigenvalue weighted by Gasteiger charge is -2.24. The van der Waals surface area contributed by atoms with Gasteiger partial charge in [0.1, 0.15) is 4.83 Å². The van der Waals surface area contributed by atoms with Gasteiger partial charge in [-0.15, -0.1) is 11.3 Å². The van der Waals surface area contributed by atoms with Crippen LogP contribution in [0.3, 0.4) is 0 Å². The molecule has 3 rings (SSSR count). The lowest BCUT2D eigenvalue weighted by atomic mass is 10.2. The third-order valence-corrected chi connectivity index (χ3v) is 4.28. The van der Waals surface area contributed by atoms with Gasteiger partial charge in [-0.25, -0.2) is 9.97 Å². The average molecular weight is 262 g/mol. The summed E-state index contributed by atoms with van der Waals surface area (Å²) in [5.74, 6) is 0.862. The first-order valence-corrected chi connectivity index (χ1v) is 7.43. The van der Waals surface area contributed by atoms with Crippen LogP contribution in [-0.4, -0.2) is 35.6 Å². The fourth-order valence-electron chi connectivity index (χ4n) is 2.43. The minimum Gasteiger partial charge on any atom is -0.340 e. The van der Waals surface area contributed by atoms with Crippen molar-refractivity contribution in [3.05, 3.63) is 17.6 Å². The Labute approximate surface area is 111 Å². The highest BCUT2D eigenvalue weighted by molar-refractivity contribution is 7.16. The van der Waals surface area contributed by atoms with Crippen LogP contribution in [0.5, 0.6) is 0 Å². The second kappa shape index (κ2) is 5.20. The van der Waals surface area contributed by atoms with Gasteiger partial charge in [-0.1, -0.05) is 0 Å². The number of likely N-dealkylation sites (N-methyl/N-ethyl adjacent to an activating group) is 1. The fourth-order valence-corrected chi connectivity index (χ4v) is 3.17. The van der Waals surface area contributed by atoms with E-state index < -0.39 is 0 Å². The van der Waals surface area contributed by atoms with Gasteiger partial charge >= 0.3 is 0 Å². The SMILES string of the molecule is CCN(CC1CCCN1)c1ncc2ccsc2n1. The van der Waals surface area contributed by atoms with Gasteiger partial charge in [-0.2, -0.15) is 0 Å². The van der Waals surface area contributed by atoms with Crippen molar-refractivity contribution < 1.29 is 0 Å². The van der Waals surface area contributed by atoms with Crippen LogP contribution in [0.25, 0.3) is 10.2 Å². The second-order valence-corrected chi connectivity index (χ2v) is 5.58. The number of nitrogens with zero attached hydrogens (tertiary/aromatic N) is 3. The second-order valence-electron chi connectivity index (χ2n) is 4.68. The van der Waals surface area contributed by atoms with Crippen molar-refractivity contribution in [2.24, 2.45) is 0 Å². The molecule has 1 fully saturated rings. The van der Waals surface area contributed by atoms with E-state index in [1.54, 1.807) is 11.3 Å². The molecule has 0 bridgehead atoms. The molecule has 1 aliphatic heterocycles. The molecule has 1 atom stereocenters. The molecule has 1 aliphatic rings. The predicted molar refractivity (Wildman–Crippen MR) is 76.3 cm³/mol. The molecule has 5 heteroatoms. The van der Waals surface area contributed by atoms with Crippen molar-refractivity contribution in [2.75, 3.05) is 24.5 Å². The Balaban J connectivity index is 1.80. The maximum Gasteiger partial charge on any atom is 0.226 e. The van der Waals surface area contributed by atoms with Crippen LogP contribution in [0, 0.1) is 0 Å². The van der Waals surface area contributed by atoms with E-state index in [-0.39, 0.29) is 0 Å². The largest absolute Gasteiger partial charge is 0.340 e. The lowest BCUT2D eigenvalue weighted by molar-refractivity contribution is 0.581. The van der Waals surface area contributed by atoms with Gasteiger partial charge in [0.05, 0.1) is 0 Å². The number of hydrogen-bond acceptors (Lipinski definition) is 5. The molecule has 0 aliphatic carbocycles. The van der Waals surface area contributed by atoms with Gasteiger partial charge in [0.15, 0.2) is 0 Å². The highest BCUT2D eigenvalue weighted by Crippen LogP contribution is 2.20. The zero-order valence-electron chi connectivity index (χ0n) is 10.6. The molecular formula is C13H18N4S. The van der Waals surface area contributed by atoms with Crippen LogP contribution in [0.15, 0.2) is 17.6 Å². The number of thiophene rings is 1. The van der Waals surface area contributed by atoms with E-state index in [4.69, 9.17) is 0 Å². The Kier molecular flexibility index (Phi) is 3.43. The van der Waals surface area contributed by atoms with E-state index in [1.807, 2.05) is 6.20 Å². The summed E-state index contributed by atoms with van der Waals surface area (Å²) in [5, 5.41) is 6.73. The molecule has 3 heterocycles. The summed E-state index contributed by atoms with van der Waals surface area (Å²) in [4.78, 5) is 12.5. The molecule has 0 radical (unpaired) electrons. The molecular weight excluding hydrogens is 244 g/mol. The van der Waals surface area contributed by atoms with Crippen molar-refractivity contribution in [1.82, 2.24) is 15.3 Å². The van der Waals surface area contributed by atoms with Gasteiger partial charge in [0.2, 0.25) is 5.95 Å². The van der Waals surface area contributed by atoms with Gasteiger partial charge in [-0.05, 0) is 37.8 Å². The molecule has 1 unspecified atom stereocenters. The fraction of sp³-hybridized carbons (Fsp3) is 0.538. The molecule has 0 saturated carbocycles. The Morgan fingerprint density at radius 1 is 1.56 bits per heavy atom. The van der Waals surface area contributed by atoms with E-state index in [2.05, 4.69) is 38.6 Å². The molecule has 18 heavy (non-hydrogen) atoms. The number of rotatable bonds is 4. The third kappa shape index (κ3) is 2.33. The Hall–Kier alpha value is -1.20. The molecule has 1 saturated heterocycles. The van der Waals surface area contributed by atoms with Crippen LogP contribution in [0.2, 0.25) is 0 Å². The normalized spacial score (nSPS) is 19.5. The van der Waals surface area contributed by atoms with E-state index in [0.29, 0.717) is 6.04 Å². The summed E-state index contributed by atoms with van der Waals surface area (Å²) in [6.07, 6.45) is 4.48. The quantitative estimate of drug-likeness (QED) is 0.917. The topological polar surface area (TPSA) is 41.0 Å². The predicted octanol–water partition coefficient (Wildman–Crippen LogP) is 2.27. The molecule has 0 amide bonds. The van der Waals surface area contributed by atoms with Crippen LogP contribution < -0.4 is 10.2 Å². The zero-order chi connectivity index (χ0) is 12.4. The Bertz CT molecular complexity index is 518. The van der Waals surface area contributed by atoms with Crippen LogP contribution in [0.4, 0.5) is 5.95 Å². The van der Waals surface area contributed by atoms with Gasteiger partial charge in [0.25, 0.3) is 0 Å². The monoisotopic (exact) mass is 262 g/mol. The van der Waals surface area contributed by atoms with Crippen LogP contribution >= 0.6 is 11.3 Å².